The third-order valence-corrected chi connectivity index (χ3v) is 4.11. The third-order valence-electron chi connectivity index (χ3n) is 2.30. The van der Waals surface area contributed by atoms with E-state index in [1.54, 1.807) is 11.3 Å². The van der Waals surface area contributed by atoms with Crippen LogP contribution in [0.2, 0.25) is 0 Å². The van der Waals surface area contributed by atoms with E-state index in [9.17, 15) is 0 Å². The van der Waals surface area contributed by atoms with Crippen LogP contribution in [-0.2, 0) is 11.3 Å². The van der Waals surface area contributed by atoms with Crippen LogP contribution in [0.25, 0.3) is 0 Å². The Labute approximate surface area is 90.2 Å². The number of rotatable bonds is 3. The van der Waals surface area contributed by atoms with Crippen LogP contribution in [-0.4, -0.2) is 12.1 Å². The maximum absolute atomic E-state index is 5.67. The summed E-state index contributed by atoms with van der Waals surface area (Å²) >= 11 is 5.18. The molecule has 0 bridgehead atoms. The first-order chi connectivity index (χ1) is 6.25. The lowest BCUT2D eigenvalue weighted by Gasteiger charge is -2.32. The summed E-state index contributed by atoms with van der Waals surface area (Å²) in [5, 5.41) is 2.06. The molecule has 2 N–H and O–H groups in total. The summed E-state index contributed by atoms with van der Waals surface area (Å²) in [6.07, 6.45) is 2.42. The summed E-state index contributed by atoms with van der Waals surface area (Å²) in [7, 11) is 0. The SMILES string of the molecule is NC1CC(OCc2ccsc2Br)C1. The predicted octanol–water partition coefficient (Wildman–Crippen LogP) is 2.52. The Hall–Kier alpha value is 0.100. The first kappa shape index (κ1) is 9.65. The topological polar surface area (TPSA) is 35.2 Å². The highest BCUT2D eigenvalue weighted by molar-refractivity contribution is 9.11. The van der Waals surface area contributed by atoms with Crippen LogP contribution in [0, 0.1) is 0 Å². The molecule has 2 nitrogen and oxygen atoms in total. The molecule has 4 heteroatoms. The maximum Gasteiger partial charge on any atom is 0.0753 e. The summed E-state index contributed by atoms with van der Waals surface area (Å²) in [5.74, 6) is 0. The van der Waals surface area contributed by atoms with Gasteiger partial charge in [0, 0.05) is 11.6 Å². The van der Waals surface area contributed by atoms with Gasteiger partial charge in [0.1, 0.15) is 0 Å². The highest BCUT2D eigenvalue weighted by atomic mass is 79.9. The molecule has 1 aromatic rings. The zero-order chi connectivity index (χ0) is 9.26. The molecule has 0 radical (unpaired) electrons. The molecule has 0 saturated heterocycles. The Morgan fingerprint density at radius 3 is 2.92 bits per heavy atom. The molecule has 0 spiro atoms. The summed E-state index contributed by atoms with van der Waals surface area (Å²) < 4.78 is 6.85. The van der Waals surface area contributed by atoms with Gasteiger partial charge in [-0.15, -0.1) is 11.3 Å². The molecular weight excluding hydrogens is 250 g/mol. The third kappa shape index (κ3) is 2.31. The minimum atomic E-state index is 0.371. The summed E-state index contributed by atoms with van der Waals surface area (Å²) in [6.45, 7) is 0.710. The van der Waals surface area contributed by atoms with Crippen molar-refractivity contribution in [2.45, 2.75) is 31.6 Å². The zero-order valence-electron chi connectivity index (χ0n) is 7.20. The van der Waals surface area contributed by atoms with Crippen LogP contribution < -0.4 is 5.73 Å². The van der Waals surface area contributed by atoms with Gasteiger partial charge in [0.05, 0.1) is 16.5 Å². The van der Waals surface area contributed by atoms with Crippen molar-refractivity contribution >= 4 is 27.3 Å². The molecule has 0 amide bonds. The number of halogens is 1. The van der Waals surface area contributed by atoms with Gasteiger partial charge in [-0.05, 0) is 40.2 Å². The average molecular weight is 262 g/mol. The van der Waals surface area contributed by atoms with Crippen molar-refractivity contribution in [1.82, 2.24) is 0 Å². The van der Waals surface area contributed by atoms with E-state index in [0.717, 1.165) is 12.8 Å². The molecule has 1 fully saturated rings. The molecular formula is C9H12BrNOS. The van der Waals surface area contributed by atoms with Crippen LogP contribution in [0.5, 0.6) is 0 Å². The van der Waals surface area contributed by atoms with Crippen molar-refractivity contribution in [2.24, 2.45) is 5.73 Å². The normalized spacial score (nSPS) is 27.2. The van der Waals surface area contributed by atoms with Crippen molar-refractivity contribution in [3.63, 3.8) is 0 Å². The molecule has 2 rings (SSSR count). The minimum Gasteiger partial charge on any atom is -0.373 e. The van der Waals surface area contributed by atoms with Crippen LogP contribution in [0.4, 0.5) is 0 Å². The van der Waals surface area contributed by atoms with Crippen LogP contribution >= 0.6 is 27.3 Å². The van der Waals surface area contributed by atoms with E-state index in [0.29, 0.717) is 18.8 Å². The summed E-state index contributed by atoms with van der Waals surface area (Å²) in [6, 6.07) is 2.46. The van der Waals surface area contributed by atoms with Crippen LogP contribution in [0.15, 0.2) is 15.2 Å². The summed E-state index contributed by atoms with van der Waals surface area (Å²) in [4.78, 5) is 0. The number of hydrogen-bond donors (Lipinski definition) is 1. The first-order valence-corrected chi connectivity index (χ1v) is 6.02. The molecule has 13 heavy (non-hydrogen) atoms. The first-order valence-electron chi connectivity index (χ1n) is 4.35. The molecule has 1 saturated carbocycles. The molecule has 72 valence electrons. The van der Waals surface area contributed by atoms with Crippen molar-refractivity contribution in [3.05, 3.63) is 20.8 Å². The molecule has 1 heterocycles. The fourth-order valence-corrected chi connectivity index (χ4v) is 2.57. The monoisotopic (exact) mass is 261 g/mol. The fraction of sp³-hybridized carbons (Fsp3) is 0.556. The van der Waals surface area contributed by atoms with Gasteiger partial charge in [-0.2, -0.15) is 0 Å². The highest BCUT2D eigenvalue weighted by Crippen LogP contribution is 2.27. The van der Waals surface area contributed by atoms with Gasteiger partial charge in [-0.1, -0.05) is 0 Å². The number of hydrogen-bond acceptors (Lipinski definition) is 3. The minimum absolute atomic E-state index is 0.371. The lowest BCUT2D eigenvalue weighted by atomic mass is 9.90. The summed E-state index contributed by atoms with van der Waals surface area (Å²) in [5.41, 5.74) is 6.90. The Kier molecular flexibility index (Phi) is 3.03. The molecule has 1 aromatic heterocycles. The van der Waals surface area contributed by atoms with E-state index >= 15 is 0 Å². The van der Waals surface area contributed by atoms with E-state index in [-0.39, 0.29) is 0 Å². The second kappa shape index (κ2) is 4.09. The Balaban J connectivity index is 1.77. The lowest BCUT2D eigenvalue weighted by molar-refractivity contribution is -0.0189. The van der Waals surface area contributed by atoms with E-state index in [1.165, 1.54) is 9.35 Å². The number of ether oxygens (including phenoxy) is 1. The van der Waals surface area contributed by atoms with Crippen LogP contribution in [0.1, 0.15) is 18.4 Å². The van der Waals surface area contributed by atoms with Gasteiger partial charge >= 0.3 is 0 Å². The predicted molar refractivity (Wildman–Crippen MR) is 57.8 cm³/mol. The van der Waals surface area contributed by atoms with Gasteiger partial charge in [0.15, 0.2) is 0 Å². The Morgan fingerprint density at radius 1 is 1.62 bits per heavy atom. The molecule has 1 aliphatic carbocycles. The lowest BCUT2D eigenvalue weighted by Crippen LogP contribution is -2.41. The van der Waals surface area contributed by atoms with Crippen molar-refractivity contribution < 1.29 is 4.74 Å². The van der Waals surface area contributed by atoms with E-state index < -0.39 is 0 Å². The second-order valence-corrected chi connectivity index (χ2v) is 5.62. The van der Waals surface area contributed by atoms with E-state index in [1.807, 2.05) is 0 Å². The average Bonchev–Trinajstić information content (AvgIpc) is 2.43. The van der Waals surface area contributed by atoms with Crippen molar-refractivity contribution in [1.29, 1.82) is 0 Å². The Morgan fingerprint density at radius 2 is 2.38 bits per heavy atom. The second-order valence-electron chi connectivity index (χ2n) is 3.38. The standard InChI is InChI=1S/C9H12BrNOS/c10-9-6(1-2-13-9)5-12-8-3-7(11)4-8/h1-2,7-8H,3-5,11H2. The largest absolute Gasteiger partial charge is 0.373 e. The molecule has 0 aromatic carbocycles. The van der Waals surface area contributed by atoms with Crippen LogP contribution in [0.3, 0.4) is 0 Å². The van der Waals surface area contributed by atoms with Gasteiger partial charge in [0.25, 0.3) is 0 Å². The Bertz CT molecular complexity index is 283. The fourth-order valence-electron chi connectivity index (χ4n) is 1.37. The van der Waals surface area contributed by atoms with Gasteiger partial charge in [-0.25, -0.2) is 0 Å². The van der Waals surface area contributed by atoms with Gasteiger partial charge in [-0.3, -0.25) is 0 Å². The van der Waals surface area contributed by atoms with Crippen molar-refractivity contribution in [2.75, 3.05) is 0 Å². The van der Waals surface area contributed by atoms with Gasteiger partial charge in [0.2, 0.25) is 0 Å². The number of thiophene rings is 1. The smallest absolute Gasteiger partial charge is 0.0753 e. The molecule has 0 atom stereocenters. The molecule has 1 aliphatic rings. The highest BCUT2D eigenvalue weighted by Gasteiger charge is 2.26. The van der Waals surface area contributed by atoms with E-state index in [4.69, 9.17) is 10.5 Å². The molecule has 0 unspecified atom stereocenters. The van der Waals surface area contributed by atoms with Gasteiger partial charge < -0.3 is 10.5 Å². The van der Waals surface area contributed by atoms with Crippen molar-refractivity contribution in [3.8, 4) is 0 Å². The number of nitrogens with two attached hydrogens (primary N) is 1. The molecule has 0 aliphatic heterocycles. The maximum atomic E-state index is 5.67. The van der Waals surface area contributed by atoms with E-state index in [2.05, 4.69) is 27.4 Å². The quantitative estimate of drug-likeness (QED) is 0.908. The zero-order valence-corrected chi connectivity index (χ0v) is 9.61.